The van der Waals surface area contributed by atoms with Crippen LogP contribution in [0.2, 0.25) is 5.02 Å². The van der Waals surface area contributed by atoms with Gasteiger partial charge in [0.2, 0.25) is 5.91 Å². The van der Waals surface area contributed by atoms with E-state index in [4.69, 9.17) is 16.6 Å². The number of carbonyl (C=O) groups is 2. The number of thioether (sulfide) groups is 1. The molecule has 0 N–H and O–H groups in total. The predicted molar refractivity (Wildman–Crippen MR) is 133 cm³/mol. The average molecular weight is 463 g/mol. The van der Waals surface area contributed by atoms with Crippen LogP contribution >= 0.6 is 23.4 Å². The Morgan fingerprint density at radius 1 is 1.00 bits per heavy atom. The Hall–Kier alpha value is -2.89. The zero-order chi connectivity index (χ0) is 22.8. The number of aryl methyl sites for hydroxylation is 3. The summed E-state index contributed by atoms with van der Waals surface area (Å²) in [6.45, 7) is 5.85. The van der Waals surface area contributed by atoms with Crippen molar-refractivity contribution in [1.29, 1.82) is 0 Å². The Bertz CT molecular complexity index is 1240. The molecule has 1 aliphatic heterocycles. The minimum atomic E-state index is -0.539. The maximum absolute atomic E-state index is 13.4. The van der Waals surface area contributed by atoms with Gasteiger partial charge in [-0.15, -0.1) is 0 Å². The van der Waals surface area contributed by atoms with Crippen LogP contribution in [0.25, 0.3) is 0 Å². The lowest BCUT2D eigenvalue weighted by atomic mass is 10.0. The van der Waals surface area contributed by atoms with Crippen LogP contribution in [0.15, 0.2) is 71.7 Å². The molecule has 3 aromatic rings. The summed E-state index contributed by atoms with van der Waals surface area (Å²) in [5.41, 5.74) is 5.07. The second kappa shape index (κ2) is 9.31. The second-order valence-electron chi connectivity index (χ2n) is 7.94. The zero-order valence-corrected chi connectivity index (χ0v) is 19.7. The molecule has 4 rings (SSSR count). The number of anilines is 1. The van der Waals surface area contributed by atoms with Crippen LogP contribution in [0, 0.1) is 20.8 Å². The maximum Gasteiger partial charge on any atom is 0.247 e. The molecular weight excluding hydrogens is 440 g/mol. The van der Waals surface area contributed by atoms with Gasteiger partial charge >= 0.3 is 0 Å². The summed E-state index contributed by atoms with van der Waals surface area (Å²) < 4.78 is 0. The summed E-state index contributed by atoms with van der Waals surface area (Å²) in [7, 11) is 0. The van der Waals surface area contributed by atoms with E-state index in [0.717, 1.165) is 28.1 Å². The highest BCUT2D eigenvalue weighted by Crippen LogP contribution is 2.36. The molecule has 1 saturated heterocycles. The van der Waals surface area contributed by atoms with Crippen LogP contribution in [0.4, 0.5) is 11.4 Å². The van der Waals surface area contributed by atoms with E-state index in [1.54, 1.807) is 23.1 Å². The molecule has 0 radical (unpaired) electrons. The Balaban J connectivity index is 1.67. The number of hydrogen-bond donors (Lipinski definition) is 0. The fourth-order valence-electron chi connectivity index (χ4n) is 3.59. The molecule has 1 heterocycles. The molecule has 3 aromatic carbocycles. The van der Waals surface area contributed by atoms with Gasteiger partial charge in [-0.25, -0.2) is 4.99 Å². The first-order chi connectivity index (χ1) is 15.3. The highest BCUT2D eigenvalue weighted by atomic mass is 35.5. The van der Waals surface area contributed by atoms with Crippen molar-refractivity contribution in [1.82, 2.24) is 0 Å². The van der Waals surface area contributed by atoms with Crippen molar-refractivity contribution in [2.75, 3.05) is 4.90 Å². The third-order valence-electron chi connectivity index (χ3n) is 5.27. The van der Waals surface area contributed by atoms with E-state index in [-0.39, 0.29) is 18.1 Å². The van der Waals surface area contributed by atoms with E-state index in [9.17, 15) is 9.59 Å². The normalized spacial score (nSPS) is 17.2. The number of hydrogen-bond acceptors (Lipinski definition) is 4. The van der Waals surface area contributed by atoms with Gasteiger partial charge in [0.15, 0.2) is 11.0 Å². The van der Waals surface area contributed by atoms with Crippen molar-refractivity contribution in [3.8, 4) is 0 Å². The van der Waals surface area contributed by atoms with Gasteiger partial charge in [-0.2, -0.15) is 0 Å². The average Bonchev–Trinajstić information content (AvgIpc) is 3.04. The standard InChI is InChI=1S/C26H23ClN2O2S/c1-16-6-4-8-20(12-16)28-26-29(21-9-5-7-17(2)13-21)25(31)24(32-26)15-23(30)19-10-11-22(27)18(3)14-19/h4-14,24H,15H2,1-3H3. The second-order valence-corrected chi connectivity index (χ2v) is 9.52. The van der Waals surface area contributed by atoms with Gasteiger partial charge in [0.1, 0.15) is 0 Å². The van der Waals surface area contributed by atoms with Crippen molar-refractivity contribution in [2.45, 2.75) is 32.4 Å². The summed E-state index contributed by atoms with van der Waals surface area (Å²) in [6.07, 6.45) is 0.0969. The highest BCUT2D eigenvalue weighted by Gasteiger charge is 2.40. The molecule has 4 nitrogen and oxygen atoms in total. The predicted octanol–water partition coefficient (Wildman–Crippen LogP) is 6.67. The van der Waals surface area contributed by atoms with E-state index < -0.39 is 5.25 Å². The lowest BCUT2D eigenvalue weighted by Gasteiger charge is -2.17. The first-order valence-electron chi connectivity index (χ1n) is 10.3. The molecule has 1 unspecified atom stereocenters. The topological polar surface area (TPSA) is 49.7 Å². The molecule has 1 amide bonds. The Morgan fingerprint density at radius 3 is 2.41 bits per heavy atom. The van der Waals surface area contributed by atoms with E-state index in [1.165, 1.54) is 11.8 Å². The molecule has 1 atom stereocenters. The summed E-state index contributed by atoms with van der Waals surface area (Å²) in [6, 6.07) is 20.8. The van der Waals surface area contributed by atoms with Gasteiger partial charge in [0.25, 0.3) is 0 Å². The van der Waals surface area contributed by atoms with Crippen LogP contribution in [0.3, 0.4) is 0 Å². The quantitative estimate of drug-likeness (QED) is 0.397. The van der Waals surface area contributed by atoms with Crippen LogP contribution in [0.5, 0.6) is 0 Å². The molecule has 0 aromatic heterocycles. The van der Waals surface area contributed by atoms with E-state index >= 15 is 0 Å². The number of ketones is 1. The Kier molecular flexibility index (Phi) is 6.49. The first kappa shape index (κ1) is 22.3. The number of carbonyl (C=O) groups excluding carboxylic acids is 2. The smallest absolute Gasteiger partial charge is 0.247 e. The number of halogens is 1. The number of amides is 1. The van der Waals surface area contributed by atoms with Crippen molar-refractivity contribution >= 4 is 51.6 Å². The highest BCUT2D eigenvalue weighted by molar-refractivity contribution is 8.16. The lowest BCUT2D eigenvalue weighted by molar-refractivity contribution is -0.116. The number of amidine groups is 1. The molecule has 1 aliphatic rings. The number of nitrogens with zero attached hydrogens (tertiary/aromatic N) is 2. The maximum atomic E-state index is 13.4. The third kappa shape index (κ3) is 4.79. The SMILES string of the molecule is Cc1cccc(N=C2SC(CC(=O)c3ccc(Cl)c(C)c3)C(=O)N2c2cccc(C)c2)c1. The molecule has 0 aliphatic carbocycles. The van der Waals surface area contributed by atoms with Crippen molar-refractivity contribution in [3.63, 3.8) is 0 Å². The van der Waals surface area contributed by atoms with Crippen molar-refractivity contribution in [3.05, 3.63) is 94.0 Å². The van der Waals surface area contributed by atoms with Crippen LogP contribution in [-0.4, -0.2) is 22.1 Å². The Morgan fingerprint density at radius 2 is 1.72 bits per heavy atom. The monoisotopic (exact) mass is 462 g/mol. The molecule has 0 spiro atoms. The number of benzene rings is 3. The van der Waals surface area contributed by atoms with Crippen LogP contribution in [-0.2, 0) is 4.79 Å². The molecule has 0 bridgehead atoms. The number of rotatable bonds is 5. The van der Waals surface area contributed by atoms with E-state index in [2.05, 4.69) is 0 Å². The molecule has 32 heavy (non-hydrogen) atoms. The molecule has 1 fully saturated rings. The summed E-state index contributed by atoms with van der Waals surface area (Å²) >= 11 is 7.43. The molecular formula is C26H23ClN2O2S. The van der Waals surface area contributed by atoms with Gasteiger partial charge in [-0.05, 0) is 79.9 Å². The molecule has 0 saturated carbocycles. The molecule has 6 heteroatoms. The van der Waals surface area contributed by atoms with Gasteiger partial charge in [-0.3, -0.25) is 14.5 Å². The van der Waals surface area contributed by atoms with Crippen LogP contribution < -0.4 is 4.90 Å². The third-order valence-corrected chi connectivity index (χ3v) is 6.83. The fraction of sp³-hybridized carbons (Fsp3) is 0.192. The van der Waals surface area contributed by atoms with Gasteiger partial charge < -0.3 is 0 Å². The molecule has 162 valence electrons. The van der Waals surface area contributed by atoms with Gasteiger partial charge in [-0.1, -0.05) is 47.6 Å². The summed E-state index contributed by atoms with van der Waals surface area (Å²) in [4.78, 5) is 32.8. The van der Waals surface area contributed by atoms with Gasteiger partial charge in [0, 0.05) is 17.0 Å². The lowest BCUT2D eigenvalue weighted by Crippen LogP contribution is -2.32. The minimum absolute atomic E-state index is 0.0865. The summed E-state index contributed by atoms with van der Waals surface area (Å²) in [5, 5.41) is 0.657. The Labute approximate surface area is 197 Å². The van der Waals surface area contributed by atoms with E-state index in [0.29, 0.717) is 15.8 Å². The van der Waals surface area contributed by atoms with E-state index in [1.807, 2.05) is 69.3 Å². The zero-order valence-electron chi connectivity index (χ0n) is 18.1. The minimum Gasteiger partial charge on any atom is -0.294 e. The first-order valence-corrected chi connectivity index (χ1v) is 11.6. The van der Waals surface area contributed by atoms with Gasteiger partial charge in [0.05, 0.1) is 16.6 Å². The number of aliphatic imine (C=N–C) groups is 1. The van der Waals surface area contributed by atoms with Crippen molar-refractivity contribution in [2.24, 2.45) is 4.99 Å². The van der Waals surface area contributed by atoms with Crippen molar-refractivity contribution < 1.29 is 9.59 Å². The van der Waals surface area contributed by atoms with Crippen LogP contribution in [0.1, 0.15) is 33.5 Å². The summed E-state index contributed by atoms with van der Waals surface area (Å²) in [5.74, 6) is -0.220. The fourth-order valence-corrected chi connectivity index (χ4v) is 4.86. The largest absolute Gasteiger partial charge is 0.294 e. The number of Topliss-reactive ketones (excluding diaryl/α,β-unsaturated/α-hetero) is 1.